The highest BCUT2D eigenvalue weighted by atomic mass is 15.1. The standard InChI is InChI=1S/C14H27N3/c1-5-17(12(2)3)10-8-13-7-6-9-14(13,11-15)16-4/h12-13,16H,5-10H2,1-4H3. The predicted molar refractivity (Wildman–Crippen MR) is 71.7 cm³/mol. The van der Waals surface area contributed by atoms with E-state index in [0.29, 0.717) is 12.0 Å². The van der Waals surface area contributed by atoms with Crippen LogP contribution in [0.2, 0.25) is 0 Å². The van der Waals surface area contributed by atoms with E-state index in [9.17, 15) is 5.26 Å². The van der Waals surface area contributed by atoms with Crippen molar-refractivity contribution in [2.45, 2.75) is 58.0 Å². The first-order valence-electron chi connectivity index (χ1n) is 6.93. The fourth-order valence-corrected chi connectivity index (χ4v) is 3.10. The van der Waals surface area contributed by atoms with E-state index in [-0.39, 0.29) is 5.54 Å². The summed E-state index contributed by atoms with van der Waals surface area (Å²) in [6.45, 7) is 8.92. The van der Waals surface area contributed by atoms with E-state index in [1.165, 1.54) is 12.8 Å². The third kappa shape index (κ3) is 3.20. The lowest BCUT2D eigenvalue weighted by molar-refractivity contribution is 0.199. The zero-order chi connectivity index (χ0) is 12.9. The van der Waals surface area contributed by atoms with Gasteiger partial charge in [0.1, 0.15) is 5.54 Å². The van der Waals surface area contributed by atoms with Gasteiger partial charge in [-0.25, -0.2) is 0 Å². The highest BCUT2D eigenvalue weighted by Crippen LogP contribution is 2.37. The Labute approximate surface area is 106 Å². The zero-order valence-electron chi connectivity index (χ0n) is 11.8. The fraction of sp³-hybridized carbons (Fsp3) is 0.929. The quantitative estimate of drug-likeness (QED) is 0.771. The van der Waals surface area contributed by atoms with E-state index in [4.69, 9.17) is 0 Å². The average molecular weight is 237 g/mol. The molecule has 3 heteroatoms. The number of nitrogens with zero attached hydrogens (tertiary/aromatic N) is 2. The van der Waals surface area contributed by atoms with Gasteiger partial charge in [0, 0.05) is 6.04 Å². The number of nitrogens with one attached hydrogen (secondary N) is 1. The molecule has 2 unspecified atom stereocenters. The summed E-state index contributed by atoms with van der Waals surface area (Å²) in [5, 5.41) is 12.7. The Morgan fingerprint density at radius 2 is 2.24 bits per heavy atom. The van der Waals surface area contributed by atoms with E-state index in [1.807, 2.05) is 7.05 Å². The molecule has 0 bridgehead atoms. The molecule has 0 spiro atoms. The summed E-state index contributed by atoms with van der Waals surface area (Å²) in [7, 11) is 1.93. The zero-order valence-corrected chi connectivity index (χ0v) is 11.8. The van der Waals surface area contributed by atoms with Gasteiger partial charge in [0.25, 0.3) is 0 Å². The Hall–Kier alpha value is -0.590. The summed E-state index contributed by atoms with van der Waals surface area (Å²) in [4.78, 5) is 2.48. The maximum absolute atomic E-state index is 9.39. The summed E-state index contributed by atoms with van der Waals surface area (Å²) in [5.41, 5.74) is -0.254. The molecule has 0 heterocycles. The molecule has 1 rings (SSSR count). The van der Waals surface area contributed by atoms with Gasteiger partial charge in [0.05, 0.1) is 6.07 Å². The molecule has 17 heavy (non-hydrogen) atoms. The Bertz CT molecular complexity index is 269. The molecule has 0 aromatic rings. The third-order valence-corrected chi connectivity index (χ3v) is 4.37. The molecule has 0 radical (unpaired) electrons. The maximum atomic E-state index is 9.39. The molecular weight excluding hydrogens is 210 g/mol. The highest BCUT2D eigenvalue weighted by Gasteiger charge is 2.41. The summed E-state index contributed by atoms with van der Waals surface area (Å²) >= 11 is 0. The third-order valence-electron chi connectivity index (χ3n) is 4.37. The number of nitriles is 1. The Morgan fingerprint density at radius 1 is 1.53 bits per heavy atom. The van der Waals surface area contributed by atoms with Crippen LogP contribution in [0.25, 0.3) is 0 Å². The van der Waals surface area contributed by atoms with Crippen LogP contribution in [0.3, 0.4) is 0 Å². The van der Waals surface area contributed by atoms with Crippen molar-refractivity contribution >= 4 is 0 Å². The van der Waals surface area contributed by atoms with Crippen molar-refractivity contribution in [3.8, 4) is 6.07 Å². The van der Waals surface area contributed by atoms with Gasteiger partial charge >= 0.3 is 0 Å². The van der Waals surface area contributed by atoms with E-state index in [1.54, 1.807) is 0 Å². The molecule has 1 fully saturated rings. The van der Waals surface area contributed by atoms with Gasteiger partial charge in [-0.2, -0.15) is 5.26 Å². The molecule has 1 aliphatic rings. The summed E-state index contributed by atoms with van der Waals surface area (Å²) in [5.74, 6) is 0.519. The highest BCUT2D eigenvalue weighted by molar-refractivity contribution is 5.13. The van der Waals surface area contributed by atoms with E-state index in [2.05, 4.69) is 37.1 Å². The summed E-state index contributed by atoms with van der Waals surface area (Å²) in [6, 6.07) is 3.12. The summed E-state index contributed by atoms with van der Waals surface area (Å²) in [6.07, 6.45) is 4.54. The first kappa shape index (κ1) is 14.5. The van der Waals surface area contributed by atoms with Crippen LogP contribution >= 0.6 is 0 Å². The van der Waals surface area contributed by atoms with E-state index >= 15 is 0 Å². The van der Waals surface area contributed by atoms with E-state index in [0.717, 1.165) is 25.9 Å². The normalized spacial score (nSPS) is 28.9. The van der Waals surface area contributed by atoms with Gasteiger partial charge < -0.3 is 10.2 Å². The Kier molecular flexibility index (Phi) is 5.42. The monoisotopic (exact) mass is 237 g/mol. The van der Waals surface area contributed by atoms with E-state index < -0.39 is 0 Å². The van der Waals surface area contributed by atoms with Crippen LogP contribution in [0.5, 0.6) is 0 Å². The summed E-state index contributed by atoms with van der Waals surface area (Å²) < 4.78 is 0. The van der Waals surface area contributed by atoms with Crippen molar-refractivity contribution in [2.24, 2.45) is 5.92 Å². The SMILES string of the molecule is CCN(CCC1CCCC1(C#N)NC)C(C)C. The van der Waals surface area contributed by atoms with Crippen LogP contribution in [-0.2, 0) is 0 Å². The molecule has 0 amide bonds. The molecule has 1 aliphatic carbocycles. The van der Waals surface area contributed by atoms with Gasteiger partial charge in [0.15, 0.2) is 0 Å². The van der Waals surface area contributed by atoms with Crippen LogP contribution < -0.4 is 5.32 Å². The minimum absolute atomic E-state index is 0.254. The van der Waals surface area contributed by atoms with Crippen molar-refractivity contribution in [1.29, 1.82) is 5.26 Å². The second-order valence-electron chi connectivity index (χ2n) is 5.43. The van der Waals surface area contributed by atoms with Crippen molar-refractivity contribution in [3.05, 3.63) is 0 Å². The molecular formula is C14H27N3. The van der Waals surface area contributed by atoms with Crippen LogP contribution in [0.15, 0.2) is 0 Å². The Balaban J connectivity index is 2.54. The molecule has 0 aromatic carbocycles. The topological polar surface area (TPSA) is 39.1 Å². The van der Waals surface area contributed by atoms with Crippen LogP contribution in [0, 0.1) is 17.2 Å². The van der Waals surface area contributed by atoms with Crippen molar-refractivity contribution in [2.75, 3.05) is 20.1 Å². The number of hydrogen-bond donors (Lipinski definition) is 1. The van der Waals surface area contributed by atoms with Crippen LogP contribution in [-0.4, -0.2) is 36.6 Å². The smallest absolute Gasteiger partial charge is 0.109 e. The number of rotatable bonds is 6. The maximum Gasteiger partial charge on any atom is 0.109 e. The molecule has 0 saturated heterocycles. The second kappa shape index (κ2) is 6.37. The molecule has 1 N–H and O–H groups in total. The van der Waals surface area contributed by atoms with Gasteiger partial charge in [0.2, 0.25) is 0 Å². The van der Waals surface area contributed by atoms with Crippen molar-refractivity contribution in [1.82, 2.24) is 10.2 Å². The van der Waals surface area contributed by atoms with Gasteiger partial charge in [-0.1, -0.05) is 13.3 Å². The lowest BCUT2D eigenvalue weighted by Crippen LogP contribution is -2.46. The largest absolute Gasteiger partial charge is 0.302 e. The molecule has 0 aromatic heterocycles. The molecule has 3 nitrogen and oxygen atoms in total. The number of hydrogen-bond acceptors (Lipinski definition) is 3. The molecule has 98 valence electrons. The second-order valence-corrected chi connectivity index (χ2v) is 5.43. The van der Waals surface area contributed by atoms with Gasteiger partial charge in [-0.3, -0.25) is 0 Å². The lowest BCUT2D eigenvalue weighted by Gasteiger charge is -2.31. The van der Waals surface area contributed by atoms with Gasteiger partial charge in [-0.05, 0) is 59.2 Å². The Morgan fingerprint density at radius 3 is 2.71 bits per heavy atom. The first-order valence-corrected chi connectivity index (χ1v) is 6.93. The first-order chi connectivity index (χ1) is 8.09. The van der Waals surface area contributed by atoms with Crippen LogP contribution in [0.4, 0.5) is 0 Å². The minimum atomic E-state index is -0.254. The minimum Gasteiger partial charge on any atom is -0.302 e. The molecule has 0 aliphatic heterocycles. The van der Waals surface area contributed by atoms with Crippen LogP contribution in [0.1, 0.15) is 46.5 Å². The predicted octanol–water partition coefficient (Wildman–Crippen LogP) is 2.39. The lowest BCUT2D eigenvalue weighted by atomic mass is 9.86. The van der Waals surface area contributed by atoms with Crippen molar-refractivity contribution in [3.63, 3.8) is 0 Å². The van der Waals surface area contributed by atoms with Gasteiger partial charge in [-0.15, -0.1) is 0 Å². The molecule has 2 atom stereocenters. The average Bonchev–Trinajstić information content (AvgIpc) is 2.73. The fourth-order valence-electron chi connectivity index (χ4n) is 3.10. The van der Waals surface area contributed by atoms with Crippen molar-refractivity contribution < 1.29 is 0 Å². The molecule has 1 saturated carbocycles.